The molecule has 2 nitrogen and oxygen atoms in total. The van der Waals surface area contributed by atoms with Gasteiger partial charge in [0, 0.05) is 10.8 Å². The molecule has 1 aromatic carbocycles. The number of ether oxygens (including phenoxy) is 1. The van der Waals surface area contributed by atoms with Gasteiger partial charge in [-0.05, 0) is 31.2 Å². The minimum atomic E-state index is 0.224. The predicted molar refractivity (Wildman–Crippen MR) is 70.7 cm³/mol. The number of rotatable bonds is 5. The number of thioether (sulfide) groups is 1. The van der Waals surface area contributed by atoms with E-state index in [1.807, 2.05) is 30.5 Å². The van der Waals surface area contributed by atoms with Crippen LogP contribution in [0.15, 0.2) is 29.2 Å². The highest BCUT2D eigenvalue weighted by Gasteiger charge is 2.22. The van der Waals surface area contributed by atoms with Crippen LogP contribution in [0.3, 0.4) is 0 Å². The molecule has 0 bridgehead atoms. The van der Waals surface area contributed by atoms with E-state index >= 15 is 0 Å². The minimum absolute atomic E-state index is 0.224. The molecule has 1 fully saturated rings. The van der Waals surface area contributed by atoms with Gasteiger partial charge in [-0.25, -0.2) is 0 Å². The van der Waals surface area contributed by atoms with E-state index in [2.05, 4.69) is 0 Å². The van der Waals surface area contributed by atoms with E-state index in [9.17, 15) is 4.79 Å². The van der Waals surface area contributed by atoms with Crippen molar-refractivity contribution in [1.82, 2.24) is 0 Å². The average Bonchev–Trinajstić information content (AvgIpc) is 2.90. The van der Waals surface area contributed by atoms with E-state index < -0.39 is 0 Å². The Kier molecular flexibility index (Phi) is 4.49. The van der Waals surface area contributed by atoms with Gasteiger partial charge in [0.2, 0.25) is 0 Å². The molecule has 0 atom stereocenters. The Labute approximate surface area is 107 Å². The van der Waals surface area contributed by atoms with Gasteiger partial charge in [0.1, 0.15) is 12.4 Å². The van der Waals surface area contributed by atoms with Crippen molar-refractivity contribution >= 4 is 17.5 Å². The number of benzene rings is 1. The van der Waals surface area contributed by atoms with Crippen LogP contribution >= 0.6 is 11.8 Å². The van der Waals surface area contributed by atoms with Gasteiger partial charge in [-0.3, -0.25) is 4.79 Å². The summed E-state index contributed by atoms with van der Waals surface area (Å²) in [5, 5.41) is 0. The van der Waals surface area contributed by atoms with E-state index in [1.54, 1.807) is 11.8 Å². The molecule has 1 aliphatic rings. The molecule has 0 unspecified atom stereocenters. The van der Waals surface area contributed by atoms with Crippen molar-refractivity contribution in [2.45, 2.75) is 30.6 Å². The fourth-order valence-electron chi connectivity index (χ4n) is 2.25. The molecule has 17 heavy (non-hydrogen) atoms. The predicted octanol–water partition coefficient (Wildman–Crippen LogP) is 3.55. The van der Waals surface area contributed by atoms with Crippen molar-refractivity contribution in [3.05, 3.63) is 24.3 Å². The zero-order valence-electron chi connectivity index (χ0n) is 10.1. The number of carbonyl (C=O) groups excluding carboxylic acids is 1. The van der Waals surface area contributed by atoms with Crippen LogP contribution in [0.1, 0.15) is 25.7 Å². The van der Waals surface area contributed by atoms with E-state index in [-0.39, 0.29) is 18.3 Å². The molecule has 0 aromatic heterocycles. The van der Waals surface area contributed by atoms with Crippen LogP contribution in [0.4, 0.5) is 0 Å². The minimum Gasteiger partial charge on any atom is -0.485 e. The first kappa shape index (κ1) is 12.5. The summed E-state index contributed by atoms with van der Waals surface area (Å²) in [4.78, 5) is 13.0. The second kappa shape index (κ2) is 6.10. The summed E-state index contributed by atoms with van der Waals surface area (Å²) >= 11 is 1.64. The van der Waals surface area contributed by atoms with Crippen molar-refractivity contribution in [2.75, 3.05) is 12.9 Å². The molecule has 3 heteroatoms. The molecule has 0 heterocycles. The van der Waals surface area contributed by atoms with Gasteiger partial charge in [-0.15, -0.1) is 11.8 Å². The Bertz CT molecular complexity index is 384. The summed E-state index contributed by atoms with van der Waals surface area (Å²) in [6.45, 7) is 0.224. The molecule has 0 radical (unpaired) electrons. The lowest BCUT2D eigenvalue weighted by atomic mass is 10.0. The Morgan fingerprint density at radius 1 is 1.35 bits per heavy atom. The summed E-state index contributed by atoms with van der Waals surface area (Å²) in [6.07, 6.45) is 6.50. The van der Waals surface area contributed by atoms with Crippen molar-refractivity contribution < 1.29 is 9.53 Å². The molecule has 0 saturated heterocycles. The van der Waals surface area contributed by atoms with Gasteiger partial charge < -0.3 is 4.74 Å². The molecule has 1 saturated carbocycles. The fourth-order valence-corrected chi connectivity index (χ4v) is 2.80. The lowest BCUT2D eigenvalue weighted by Crippen LogP contribution is -2.19. The molecule has 0 aliphatic heterocycles. The molecule has 92 valence electrons. The second-order valence-corrected chi connectivity index (χ2v) is 5.24. The van der Waals surface area contributed by atoms with E-state index in [0.717, 1.165) is 23.5 Å². The number of para-hydroxylation sites is 1. The van der Waals surface area contributed by atoms with Crippen LogP contribution in [-0.4, -0.2) is 18.6 Å². The first-order chi connectivity index (χ1) is 8.31. The highest BCUT2D eigenvalue weighted by molar-refractivity contribution is 7.98. The first-order valence-electron chi connectivity index (χ1n) is 6.10. The van der Waals surface area contributed by atoms with E-state index in [4.69, 9.17) is 4.74 Å². The number of carbonyl (C=O) groups is 1. The Hall–Kier alpha value is -0.960. The highest BCUT2D eigenvalue weighted by atomic mass is 32.2. The number of ketones is 1. The molecular weight excluding hydrogens is 232 g/mol. The summed E-state index contributed by atoms with van der Waals surface area (Å²) in [5.41, 5.74) is 0. The van der Waals surface area contributed by atoms with Crippen LogP contribution in [0, 0.1) is 5.92 Å². The Balaban J connectivity index is 1.90. The lowest BCUT2D eigenvalue weighted by Gasteiger charge is -2.11. The topological polar surface area (TPSA) is 26.3 Å². The first-order valence-corrected chi connectivity index (χ1v) is 7.32. The fraction of sp³-hybridized carbons (Fsp3) is 0.500. The largest absolute Gasteiger partial charge is 0.485 e. The maximum atomic E-state index is 11.9. The van der Waals surface area contributed by atoms with Crippen molar-refractivity contribution in [3.63, 3.8) is 0 Å². The van der Waals surface area contributed by atoms with Gasteiger partial charge in [0.25, 0.3) is 0 Å². The van der Waals surface area contributed by atoms with Crippen LogP contribution in [0.25, 0.3) is 0 Å². The summed E-state index contributed by atoms with van der Waals surface area (Å²) < 4.78 is 5.63. The Morgan fingerprint density at radius 3 is 2.76 bits per heavy atom. The van der Waals surface area contributed by atoms with Crippen molar-refractivity contribution in [2.24, 2.45) is 5.92 Å². The SMILES string of the molecule is CSc1ccccc1OCC(=O)C1CCCC1. The third kappa shape index (κ3) is 3.25. The molecule has 2 rings (SSSR count). The van der Waals surface area contributed by atoms with Gasteiger partial charge >= 0.3 is 0 Å². The molecule has 0 spiro atoms. The summed E-state index contributed by atoms with van der Waals surface area (Å²) in [5.74, 6) is 1.33. The zero-order chi connectivity index (χ0) is 12.1. The number of hydrogen-bond donors (Lipinski definition) is 0. The van der Waals surface area contributed by atoms with Crippen LogP contribution < -0.4 is 4.74 Å². The normalized spacial score (nSPS) is 16.1. The third-order valence-corrected chi connectivity index (χ3v) is 4.03. The monoisotopic (exact) mass is 250 g/mol. The third-order valence-electron chi connectivity index (χ3n) is 3.25. The van der Waals surface area contributed by atoms with Crippen molar-refractivity contribution in [3.8, 4) is 5.75 Å². The molecule has 0 amide bonds. The quantitative estimate of drug-likeness (QED) is 0.748. The van der Waals surface area contributed by atoms with Gasteiger partial charge in [0.05, 0.1) is 0 Å². The lowest BCUT2D eigenvalue weighted by molar-refractivity contribution is -0.124. The maximum absolute atomic E-state index is 11.9. The number of hydrogen-bond acceptors (Lipinski definition) is 3. The van der Waals surface area contributed by atoms with Crippen LogP contribution in [-0.2, 0) is 4.79 Å². The summed E-state index contributed by atoms with van der Waals surface area (Å²) in [6, 6.07) is 7.86. The summed E-state index contributed by atoms with van der Waals surface area (Å²) in [7, 11) is 0. The number of Topliss-reactive ketones (excluding diaryl/α,β-unsaturated/α-hetero) is 1. The smallest absolute Gasteiger partial charge is 0.173 e. The standard InChI is InChI=1S/C14H18O2S/c1-17-14-9-5-4-8-13(14)16-10-12(15)11-6-2-3-7-11/h4-5,8-9,11H,2-3,6-7,10H2,1H3. The van der Waals surface area contributed by atoms with Crippen LogP contribution in [0.2, 0.25) is 0 Å². The molecule has 0 N–H and O–H groups in total. The van der Waals surface area contributed by atoms with E-state index in [0.29, 0.717) is 0 Å². The molecule has 1 aliphatic carbocycles. The molecular formula is C14H18O2S. The van der Waals surface area contributed by atoms with Gasteiger partial charge in [0.15, 0.2) is 5.78 Å². The van der Waals surface area contributed by atoms with Gasteiger partial charge in [-0.2, -0.15) is 0 Å². The average molecular weight is 250 g/mol. The highest BCUT2D eigenvalue weighted by Crippen LogP contribution is 2.28. The second-order valence-electron chi connectivity index (χ2n) is 4.39. The molecule has 1 aromatic rings. The zero-order valence-corrected chi connectivity index (χ0v) is 11.0. The van der Waals surface area contributed by atoms with Crippen LogP contribution in [0.5, 0.6) is 5.75 Å². The Morgan fingerprint density at radius 2 is 2.06 bits per heavy atom. The van der Waals surface area contributed by atoms with E-state index in [1.165, 1.54) is 12.8 Å². The van der Waals surface area contributed by atoms with Gasteiger partial charge in [-0.1, -0.05) is 25.0 Å². The van der Waals surface area contributed by atoms with Crippen molar-refractivity contribution in [1.29, 1.82) is 0 Å². The maximum Gasteiger partial charge on any atom is 0.173 e.